The molecule has 1 aromatic heterocycles. The van der Waals surface area contributed by atoms with Gasteiger partial charge in [0, 0.05) is 37.9 Å². The zero-order chi connectivity index (χ0) is 13.8. The Kier molecular flexibility index (Phi) is 4.36. The highest BCUT2D eigenvalue weighted by atomic mass is 32.2. The van der Waals surface area contributed by atoms with E-state index in [9.17, 15) is 9.59 Å². The highest BCUT2D eigenvalue weighted by molar-refractivity contribution is 8.13. The minimum atomic E-state index is -0.0117. The number of nitrogens with zero attached hydrogens (tertiary/aromatic N) is 3. The van der Waals surface area contributed by atoms with Crippen LogP contribution in [-0.2, 0) is 9.59 Å². The summed E-state index contributed by atoms with van der Waals surface area (Å²) in [5, 5.41) is 0.0727. The van der Waals surface area contributed by atoms with E-state index in [1.54, 1.807) is 17.2 Å². The van der Waals surface area contributed by atoms with Gasteiger partial charge in [0.05, 0.1) is 7.11 Å². The van der Waals surface area contributed by atoms with E-state index in [1.165, 1.54) is 25.8 Å². The van der Waals surface area contributed by atoms with Gasteiger partial charge in [-0.3, -0.25) is 14.5 Å². The van der Waals surface area contributed by atoms with Gasteiger partial charge in [-0.05, 0) is 5.92 Å². The van der Waals surface area contributed by atoms with Gasteiger partial charge in [-0.1, -0.05) is 11.8 Å². The van der Waals surface area contributed by atoms with Crippen LogP contribution >= 0.6 is 11.8 Å². The molecule has 1 aromatic rings. The molecular formula is C12H15N3O3S. The summed E-state index contributed by atoms with van der Waals surface area (Å²) in [6, 6.07) is 1.63. The smallest absolute Gasteiger partial charge is 0.235 e. The van der Waals surface area contributed by atoms with Gasteiger partial charge in [-0.2, -0.15) is 4.98 Å². The number of carbonyl (C=O) groups is 2. The quantitative estimate of drug-likeness (QED) is 0.823. The summed E-state index contributed by atoms with van der Waals surface area (Å²) in [7, 11) is 1.52. The Bertz CT molecular complexity index is 495. The summed E-state index contributed by atoms with van der Waals surface area (Å²) >= 11 is 1.25. The molecule has 1 amide bonds. The topological polar surface area (TPSA) is 72.4 Å². The standard InChI is InChI=1S/C12H15N3O3S/c1-8(16)19-7-9-5-11(17)15(6-9)12-13-4-3-10(14-12)18-2/h3-4,9H,5-7H2,1-2H3. The second-order valence-electron chi connectivity index (χ2n) is 4.28. The van der Waals surface area contributed by atoms with Crippen LogP contribution in [0.5, 0.6) is 5.88 Å². The van der Waals surface area contributed by atoms with Crippen LogP contribution in [0, 0.1) is 5.92 Å². The molecule has 0 aliphatic carbocycles. The van der Waals surface area contributed by atoms with Crippen molar-refractivity contribution in [2.75, 3.05) is 24.3 Å². The van der Waals surface area contributed by atoms with Gasteiger partial charge in [-0.15, -0.1) is 0 Å². The van der Waals surface area contributed by atoms with Gasteiger partial charge in [-0.25, -0.2) is 4.98 Å². The molecule has 0 aromatic carbocycles. The Hall–Kier alpha value is -1.63. The number of thioether (sulfide) groups is 1. The van der Waals surface area contributed by atoms with E-state index in [0.29, 0.717) is 30.5 Å². The molecule has 1 aliphatic heterocycles. The fourth-order valence-electron chi connectivity index (χ4n) is 1.90. The van der Waals surface area contributed by atoms with Crippen molar-refractivity contribution in [3.8, 4) is 5.88 Å². The van der Waals surface area contributed by atoms with Crippen LogP contribution in [0.15, 0.2) is 12.3 Å². The van der Waals surface area contributed by atoms with Crippen molar-refractivity contribution < 1.29 is 14.3 Å². The lowest BCUT2D eigenvalue weighted by Gasteiger charge is -2.14. The van der Waals surface area contributed by atoms with Gasteiger partial charge in [0.2, 0.25) is 17.7 Å². The van der Waals surface area contributed by atoms with Crippen molar-refractivity contribution in [3.05, 3.63) is 12.3 Å². The third kappa shape index (κ3) is 3.44. The molecule has 7 heteroatoms. The highest BCUT2D eigenvalue weighted by Gasteiger charge is 2.32. The second-order valence-corrected chi connectivity index (χ2v) is 5.47. The van der Waals surface area contributed by atoms with Crippen LogP contribution in [-0.4, -0.2) is 40.4 Å². The van der Waals surface area contributed by atoms with Crippen LogP contribution in [0.3, 0.4) is 0 Å². The van der Waals surface area contributed by atoms with Crippen molar-refractivity contribution >= 4 is 28.7 Å². The maximum absolute atomic E-state index is 11.9. The minimum Gasteiger partial charge on any atom is -0.481 e. The number of ether oxygens (including phenoxy) is 1. The Morgan fingerprint density at radius 2 is 2.42 bits per heavy atom. The predicted molar refractivity (Wildman–Crippen MR) is 72.2 cm³/mol. The molecule has 0 radical (unpaired) electrons. The first-order chi connectivity index (χ1) is 9.10. The van der Waals surface area contributed by atoms with Crippen molar-refractivity contribution in [2.45, 2.75) is 13.3 Å². The van der Waals surface area contributed by atoms with E-state index in [-0.39, 0.29) is 16.9 Å². The van der Waals surface area contributed by atoms with Gasteiger partial charge in [0.1, 0.15) is 0 Å². The molecule has 1 unspecified atom stereocenters. The largest absolute Gasteiger partial charge is 0.481 e. The third-order valence-corrected chi connectivity index (χ3v) is 3.84. The van der Waals surface area contributed by atoms with Crippen LogP contribution in [0.25, 0.3) is 0 Å². The van der Waals surface area contributed by atoms with Crippen molar-refractivity contribution in [3.63, 3.8) is 0 Å². The second kappa shape index (κ2) is 6.01. The van der Waals surface area contributed by atoms with E-state index in [0.717, 1.165) is 0 Å². The molecular weight excluding hydrogens is 266 g/mol. The molecule has 2 heterocycles. The normalized spacial score (nSPS) is 18.7. The summed E-state index contributed by atoms with van der Waals surface area (Å²) in [6.45, 7) is 2.08. The Morgan fingerprint density at radius 3 is 3.11 bits per heavy atom. The van der Waals surface area contributed by atoms with Crippen LogP contribution in [0.1, 0.15) is 13.3 Å². The zero-order valence-corrected chi connectivity index (χ0v) is 11.6. The molecule has 2 rings (SSSR count). The van der Waals surface area contributed by atoms with Gasteiger partial charge < -0.3 is 4.74 Å². The third-order valence-electron chi connectivity index (χ3n) is 2.80. The summed E-state index contributed by atoms with van der Waals surface area (Å²) in [6.07, 6.45) is 1.99. The first-order valence-corrected chi connectivity index (χ1v) is 6.89. The van der Waals surface area contributed by atoms with Crippen molar-refractivity contribution in [1.29, 1.82) is 0 Å². The number of hydrogen-bond donors (Lipinski definition) is 0. The molecule has 6 nitrogen and oxygen atoms in total. The first kappa shape index (κ1) is 13.8. The number of methoxy groups -OCH3 is 1. The summed E-state index contributed by atoms with van der Waals surface area (Å²) in [5.74, 6) is 1.60. The molecule has 1 saturated heterocycles. The number of hydrogen-bond acceptors (Lipinski definition) is 6. The van der Waals surface area contributed by atoms with Gasteiger partial charge in [0.15, 0.2) is 5.12 Å². The lowest BCUT2D eigenvalue weighted by Crippen LogP contribution is -2.26. The van der Waals surface area contributed by atoms with Crippen LogP contribution < -0.4 is 9.64 Å². The maximum Gasteiger partial charge on any atom is 0.235 e. The monoisotopic (exact) mass is 281 g/mol. The fraction of sp³-hybridized carbons (Fsp3) is 0.500. The first-order valence-electron chi connectivity index (χ1n) is 5.91. The van der Waals surface area contributed by atoms with E-state index in [4.69, 9.17) is 4.74 Å². The van der Waals surface area contributed by atoms with Gasteiger partial charge in [0.25, 0.3) is 0 Å². The lowest BCUT2D eigenvalue weighted by atomic mass is 10.1. The predicted octanol–water partition coefficient (Wildman–Crippen LogP) is 1.12. The molecule has 0 spiro atoms. The molecule has 19 heavy (non-hydrogen) atoms. The Morgan fingerprint density at radius 1 is 1.63 bits per heavy atom. The fourth-order valence-corrected chi connectivity index (χ4v) is 2.59. The van der Waals surface area contributed by atoms with E-state index in [2.05, 4.69) is 9.97 Å². The van der Waals surface area contributed by atoms with Crippen LogP contribution in [0.2, 0.25) is 0 Å². The molecule has 1 atom stereocenters. The summed E-state index contributed by atoms with van der Waals surface area (Å²) < 4.78 is 5.02. The van der Waals surface area contributed by atoms with Gasteiger partial charge >= 0.3 is 0 Å². The van der Waals surface area contributed by atoms with E-state index >= 15 is 0 Å². The number of rotatable bonds is 4. The Balaban J connectivity index is 2.04. The average molecular weight is 281 g/mol. The number of amides is 1. The summed E-state index contributed by atoms with van der Waals surface area (Å²) in [4.78, 5) is 32.7. The number of aromatic nitrogens is 2. The maximum atomic E-state index is 11.9. The molecule has 0 N–H and O–H groups in total. The lowest BCUT2D eigenvalue weighted by molar-refractivity contribution is -0.117. The average Bonchev–Trinajstić information content (AvgIpc) is 2.78. The molecule has 0 bridgehead atoms. The Labute approximate surface area is 115 Å². The zero-order valence-electron chi connectivity index (χ0n) is 10.8. The summed E-state index contributed by atoms with van der Waals surface area (Å²) in [5.41, 5.74) is 0. The molecule has 1 aliphatic rings. The molecule has 1 fully saturated rings. The SMILES string of the molecule is COc1ccnc(N2CC(CSC(C)=O)CC2=O)n1. The number of carbonyl (C=O) groups excluding carboxylic acids is 2. The van der Waals surface area contributed by atoms with E-state index in [1.807, 2.05) is 0 Å². The van der Waals surface area contributed by atoms with Crippen molar-refractivity contribution in [2.24, 2.45) is 5.92 Å². The number of anilines is 1. The molecule has 102 valence electrons. The van der Waals surface area contributed by atoms with E-state index < -0.39 is 0 Å². The highest BCUT2D eigenvalue weighted by Crippen LogP contribution is 2.25. The van der Waals surface area contributed by atoms with Crippen molar-refractivity contribution in [1.82, 2.24) is 9.97 Å². The van der Waals surface area contributed by atoms with Crippen LogP contribution in [0.4, 0.5) is 5.95 Å². The molecule has 0 saturated carbocycles. The minimum absolute atomic E-state index is 0.0117.